The zero-order chi connectivity index (χ0) is 23.2. The van der Waals surface area contributed by atoms with Crippen LogP contribution in [0.2, 0.25) is 0 Å². The van der Waals surface area contributed by atoms with Gasteiger partial charge in [0.25, 0.3) is 0 Å². The maximum atomic E-state index is 12.9. The molecule has 0 N–H and O–H groups in total. The molecule has 1 atom stereocenters. The molecule has 0 bridgehead atoms. The highest BCUT2D eigenvalue weighted by molar-refractivity contribution is 7.99. The Kier molecular flexibility index (Phi) is 7.52. The van der Waals surface area contributed by atoms with Crippen molar-refractivity contribution in [3.63, 3.8) is 0 Å². The number of ether oxygens (including phenoxy) is 1. The van der Waals surface area contributed by atoms with E-state index in [9.17, 15) is 4.79 Å². The third kappa shape index (κ3) is 5.48. The van der Waals surface area contributed by atoms with Crippen LogP contribution in [0.3, 0.4) is 0 Å². The average molecular weight is 479 g/mol. The van der Waals surface area contributed by atoms with Gasteiger partial charge in [0.2, 0.25) is 11.1 Å². The van der Waals surface area contributed by atoms with Gasteiger partial charge in [-0.15, -0.1) is 5.10 Å². The number of nitrogens with zero attached hydrogens (tertiary/aromatic N) is 6. The van der Waals surface area contributed by atoms with Gasteiger partial charge in [0.05, 0.1) is 24.4 Å². The SMILES string of the molecule is O=C(CSc1nnnn1CC1CCCO1)N1CCN(C(c2ccccc2)c2ccccc2)CC1. The fourth-order valence-electron chi connectivity index (χ4n) is 4.73. The first-order chi connectivity index (χ1) is 16.8. The van der Waals surface area contributed by atoms with Gasteiger partial charge in [0, 0.05) is 32.8 Å². The van der Waals surface area contributed by atoms with Crippen molar-refractivity contribution in [2.75, 3.05) is 38.5 Å². The van der Waals surface area contributed by atoms with Gasteiger partial charge in [-0.3, -0.25) is 9.69 Å². The molecule has 9 heteroatoms. The van der Waals surface area contributed by atoms with E-state index in [0.29, 0.717) is 17.5 Å². The summed E-state index contributed by atoms with van der Waals surface area (Å²) >= 11 is 1.41. The van der Waals surface area contributed by atoms with Gasteiger partial charge in [0.15, 0.2) is 0 Å². The highest BCUT2D eigenvalue weighted by Gasteiger charge is 2.28. The van der Waals surface area contributed by atoms with Crippen LogP contribution >= 0.6 is 11.8 Å². The number of hydrogen-bond acceptors (Lipinski definition) is 7. The molecule has 1 unspecified atom stereocenters. The van der Waals surface area contributed by atoms with Crippen LogP contribution in [0, 0.1) is 0 Å². The van der Waals surface area contributed by atoms with Crippen LogP contribution in [-0.4, -0.2) is 80.6 Å². The summed E-state index contributed by atoms with van der Waals surface area (Å²) in [5.41, 5.74) is 2.56. The molecule has 178 valence electrons. The fraction of sp³-hybridized carbons (Fsp3) is 0.440. The highest BCUT2D eigenvalue weighted by atomic mass is 32.2. The first kappa shape index (κ1) is 23.0. The first-order valence-corrected chi connectivity index (χ1v) is 12.9. The number of tetrazole rings is 1. The minimum absolute atomic E-state index is 0.132. The van der Waals surface area contributed by atoms with E-state index in [1.807, 2.05) is 4.90 Å². The van der Waals surface area contributed by atoms with Gasteiger partial charge < -0.3 is 9.64 Å². The lowest BCUT2D eigenvalue weighted by molar-refractivity contribution is -0.130. The molecule has 2 aliphatic heterocycles. The minimum Gasteiger partial charge on any atom is -0.376 e. The van der Waals surface area contributed by atoms with Gasteiger partial charge in [-0.25, -0.2) is 4.68 Å². The van der Waals surface area contributed by atoms with Crippen LogP contribution in [0.15, 0.2) is 65.8 Å². The Bertz CT molecular complexity index is 1010. The van der Waals surface area contributed by atoms with Gasteiger partial charge >= 0.3 is 0 Å². The molecule has 1 amide bonds. The second kappa shape index (κ2) is 11.1. The van der Waals surface area contributed by atoms with Crippen molar-refractivity contribution in [2.45, 2.75) is 36.7 Å². The van der Waals surface area contributed by atoms with E-state index >= 15 is 0 Å². The highest BCUT2D eigenvalue weighted by Crippen LogP contribution is 2.29. The van der Waals surface area contributed by atoms with Crippen molar-refractivity contribution in [3.8, 4) is 0 Å². The smallest absolute Gasteiger partial charge is 0.233 e. The second-order valence-corrected chi connectivity index (χ2v) is 9.65. The Labute approximate surface area is 204 Å². The molecular weight excluding hydrogens is 448 g/mol. The number of carbonyl (C=O) groups is 1. The molecule has 2 fully saturated rings. The third-order valence-corrected chi connectivity index (χ3v) is 7.43. The Morgan fingerprint density at radius 1 is 1.00 bits per heavy atom. The number of hydrogen-bond donors (Lipinski definition) is 0. The number of thioether (sulfide) groups is 1. The summed E-state index contributed by atoms with van der Waals surface area (Å²) in [5, 5.41) is 12.7. The van der Waals surface area contributed by atoms with Gasteiger partial charge in [0.1, 0.15) is 0 Å². The summed E-state index contributed by atoms with van der Waals surface area (Å²) in [7, 11) is 0. The maximum absolute atomic E-state index is 12.9. The predicted octanol–water partition coefficient (Wildman–Crippen LogP) is 2.88. The van der Waals surface area contributed by atoms with Crippen LogP contribution in [0.5, 0.6) is 0 Å². The normalized spacial score (nSPS) is 19.1. The summed E-state index contributed by atoms with van der Waals surface area (Å²) < 4.78 is 7.45. The van der Waals surface area contributed by atoms with Crippen molar-refractivity contribution in [1.82, 2.24) is 30.0 Å². The van der Waals surface area contributed by atoms with E-state index in [1.165, 1.54) is 22.9 Å². The fourth-order valence-corrected chi connectivity index (χ4v) is 5.52. The van der Waals surface area contributed by atoms with Gasteiger partial charge in [-0.2, -0.15) is 0 Å². The molecular formula is C25H30N6O2S. The molecule has 8 nitrogen and oxygen atoms in total. The number of carbonyl (C=O) groups excluding carboxylic acids is 1. The first-order valence-electron chi connectivity index (χ1n) is 11.9. The monoisotopic (exact) mass is 478 g/mol. The molecule has 5 rings (SSSR count). The second-order valence-electron chi connectivity index (χ2n) is 8.71. The van der Waals surface area contributed by atoms with Crippen LogP contribution in [0.1, 0.15) is 30.0 Å². The third-order valence-electron chi connectivity index (χ3n) is 6.49. The van der Waals surface area contributed by atoms with Gasteiger partial charge in [-0.1, -0.05) is 72.4 Å². The van der Waals surface area contributed by atoms with E-state index < -0.39 is 0 Å². The lowest BCUT2D eigenvalue weighted by Gasteiger charge is -2.39. The van der Waals surface area contributed by atoms with E-state index in [4.69, 9.17) is 4.74 Å². The molecule has 0 spiro atoms. The van der Waals surface area contributed by atoms with Crippen molar-refractivity contribution in [3.05, 3.63) is 71.8 Å². The van der Waals surface area contributed by atoms with Crippen LogP contribution in [0.25, 0.3) is 0 Å². The minimum atomic E-state index is 0.132. The van der Waals surface area contributed by atoms with E-state index in [2.05, 4.69) is 81.1 Å². The summed E-state index contributed by atoms with van der Waals surface area (Å²) in [6.45, 7) is 4.55. The zero-order valence-corrected chi connectivity index (χ0v) is 20.0. The number of aromatic nitrogens is 4. The molecule has 0 radical (unpaired) electrons. The number of rotatable bonds is 8. The molecule has 3 heterocycles. The summed E-state index contributed by atoms with van der Waals surface area (Å²) in [5.74, 6) is 0.472. The van der Waals surface area contributed by atoms with Gasteiger partial charge in [-0.05, 0) is 34.4 Å². The molecule has 1 aromatic heterocycles. The molecule has 2 saturated heterocycles. The number of piperazine rings is 1. The molecule has 0 saturated carbocycles. The average Bonchev–Trinajstić information content (AvgIpc) is 3.57. The number of benzene rings is 2. The Balaban J connectivity index is 1.17. The van der Waals surface area contributed by atoms with Crippen molar-refractivity contribution >= 4 is 17.7 Å². The lowest BCUT2D eigenvalue weighted by Crippen LogP contribution is -2.50. The Morgan fingerprint density at radius 2 is 1.68 bits per heavy atom. The summed E-state index contributed by atoms with van der Waals surface area (Å²) in [6.07, 6.45) is 2.27. The lowest BCUT2D eigenvalue weighted by atomic mass is 9.96. The Morgan fingerprint density at radius 3 is 2.29 bits per heavy atom. The summed E-state index contributed by atoms with van der Waals surface area (Å²) in [4.78, 5) is 17.4. The van der Waals surface area contributed by atoms with Crippen LogP contribution in [-0.2, 0) is 16.1 Å². The van der Waals surface area contributed by atoms with E-state index in [1.54, 1.807) is 4.68 Å². The molecule has 2 aliphatic rings. The molecule has 2 aromatic carbocycles. The van der Waals surface area contributed by atoms with Crippen molar-refractivity contribution in [2.24, 2.45) is 0 Å². The van der Waals surface area contributed by atoms with Crippen molar-refractivity contribution < 1.29 is 9.53 Å². The molecule has 0 aliphatic carbocycles. The maximum Gasteiger partial charge on any atom is 0.233 e. The molecule has 34 heavy (non-hydrogen) atoms. The van der Waals surface area contributed by atoms with E-state index in [0.717, 1.165) is 45.6 Å². The quantitative estimate of drug-likeness (QED) is 0.461. The van der Waals surface area contributed by atoms with Crippen LogP contribution in [0.4, 0.5) is 0 Å². The topological polar surface area (TPSA) is 76.4 Å². The van der Waals surface area contributed by atoms with Crippen molar-refractivity contribution in [1.29, 1.82) is 0 Å². The largest absolute Gasteiger partial charge is 0.376 e. The standard InChI is InChI=1S/C25H30N6O2S/c32-23(19-34-25-26-27-28-31(25)18-22-12-7-17-33-22)29-13-15-30(16-14-29)24(20-8-3-1-4-9-20)21-10-5-2-6-11-21/h1-6,8-11,22,24H,7,12-19H2. The van der Waals surface area contributed by atoms with E-state index in [-0.39, 0.29) is 18.1 Å². The number of amides is 1. The molecule has 3 aromatic rings. The van der Waals surface area contributed by atoms with Crippen LogP contribution < -0.4 is 0 Å². The predicted molar refractivity (Wildman–Crippen MR) is 130 cm³/mol. The Hall–Kier alpha value is -2.75. The zero-order valence-electron chi connectivity index (χ0n) is 19.2. The summed E-state index contributed by atoms with van der Waals surface area (Å²) in [6, 6.07) is 21.4.